The molecule has 0 radical (unpaired) electrons. The zero-order chi connectivity index (χ0) is 47.3. The van der Waals surface area contributed by atoms with Gasteiger partial charge in [-0.25, -0.2) is 14.4 Å². The number of fused-ring (bicyclic) bond motifs is 3. The zero-order valence-electron chi connectivity index (χ0n) is 37.4. The zero-order valence-corrected chi connectivity index (χ0v) is 37.4. The van der Waals surface area contributed by atoms with Gasteiger partial charge in [-0.1, -0.05) is 87.5 Å². The van der Waals surface area contributed by atoms with Crippen LogP contribution in [0.3, 0.4) is 0 Å². The van der Waals surface area contributed by atoms with Gasteiger partial charge in [0.25, 0.3) is 5.91 Å². The third kappa shape index (κ3) is 9.86. The van der Waals surface area contributed by atoms with Gasteiger partial charge in [-0.05, 0) is 61.2 Å². The van der Waals surface area contributed by atoms with E-state index in [0.717, 1.165) is 0 Å². The predicted octanol–water partition coefficient (Wildman–Crippen LogP) is 4.56. The molecule has 0 spiro atoms. The molecule has 2 bridgehead atoms. The summed E-state index contributed by atoms with van der Waals surface area (Å²) in [6.07, 6.45) is -10.8. The van der Waals surface area contributed by atoms with Crippen molar-refractivity contribution in [3.8, 4) is 0 Å². The molecule has 1 unspecified atom stereocenters. The van der Waals surface area contributed by atoms with Crippen molar-refractivity contribution < 1.29 is 67.8 Å². The molecule has 0 aromatic heterocycles. The normalized spacial score (nSPS) is 28.1. The topological polar surface area (TPSA) is 233 Å². The van der Waals surface area contributed by atoms with E-state index < -0.39 is 114 Å². The standard InChI is InChI=1S/C49H58N2O14/c1-7-23-50-46(59)64-40-37-28(2)35(63-45(58)39(54)38(30-17-11-8-12-18-30)51-43(56)31-19-13-9-14-20-31)25-49(60,47(37,4)5)42(65-44(57)32-21-15-10-16-22-32)34-27-62-33(26-61-29(3)52)24-36(53)48(34,6)41(40)55/h8-22,33-36,38-40,42,53-54,60H,7,23-27H2,1-6H3,(H,50,59)(H,51,56)/t33?,34-,35-,36-,38-,39+,40+,42-,48-,49+/m0/s1. The highest BCUT2D eigenvalue weighted by Crippen LogP contribution is 2.59. The molecule has 1 saturated carbocycles. The van der Waals surface area contributed by atoms with Gasteiger partial charge in [0.15, 0.2) is 18.0 Å². The fourth-order valence-corrected chi connectivity index (χ4v) is 9.36. The summed E-state index contributed by atoms with van der Waals surface area (Å²) in [5.74, 6) is -5.53. The Labute approximate surface area is 377 Å². The summed E-state index contributed by atoms with van der Waals surface area (Å²) >= 11 is 0. The Morgan fingerprint density at radius 2 is 1.48 bits per heavy atom. The maximum absolute atomic E-state index is 15.6. The minimum Gasteiger partial charge on any atom is -0.463 e. The molecule has 3 aromatic carbocycles. The molecule has 1 aliphatic heterocycles. The van der Waals surface area contributed by atoms with E-state index in [4.69, 9.17) is 23.7 Å². The van der Waals surface area contributed by atoms with Crippen LogP contribution in [-0.4, -0.2) is 113 Å². The second kappa shape index (κ2) is 20.1. The lowest BCUT2D eigenvalue weighted by Crippen LogP contribution is -2.70. The number of hydrogen-bond acceptors (Lipinski definition) is 14. The second-order valence-electron chi connectivity index (χ2n) is 17.6. The maximum Gasteiger partial charge on any atom is 0.408 e. The number of carbonyl (C=O) groups excluding carboxylic acids is 6. The fraction of sp³-hybridized carbons (Fsp3) is 0.469. The van der Waals surface area contributed by atoms with Gasteiger partial charge in [0.1, 0.15) is 24.4 Å². The van der Waals surface area contributed by atoms with Gasteiger partial charge in [-0.3, -0.25) is 14.4 Å². The molecule has 2 amide bonds. The summed E-state index contributed by atoms with van der Waals surface area (Å²) in [6.45, 7) is 8.60. The van der Waals surface area contributed by atoms with Crippen LogP contribution in [0.2, 0.25) is 0 Å². The number of carbonyl (C=O) groups is 6. The van der Waals surface area contributed by atoms with Crippen molar-refractivity contribution in [2.75, 3.05) is 19.8 Å². The molecule has 65 heavy (non-hydrogen) atoms. The third-order valence-electron chi connectivity index (χ3n) is 13.2. The number of benzene rings is 3. The van der Waals surface area contributed by atoms with Crippen molar-refractivity contribution in [3.63, 3.8) is 0 Å². The highest BCUT2D eigenvalue weighted by Gasteiger charge is 2.69. The predicted molar refractivity (Wildman–Crippen MR) is 233 cm³/mol. The van der Waals surface area contributed by atoms with Crippen molar-refractivity contribution >= 4 is 35.7 Å². The largest absolute Gasteiger partial charge is 0.463 e. The lowest BCUT2D eigenvalue weighted by molar-refractivity contribution is -0.219. The van der Waals surface area contributed by atoms with Gasteiger partial charge >= 0.3 is 24.0 Å². The molecule has 1 saturated heterocycles. The molecular formula is C49H58N2O14. The van der Waals surface area contributed by atoms with E-state index in [1.54, 1.807) is 92.7 Å². The molecule has 10 atom stereocenters. The van der Waals surface area contributed by atoms with E-state index in [-0.39, 0.29) is 41.8 Å². The van der Waals surface area contributed by atoms with Gasteiger partial charge in [-0.15, -0.1) is 0 Å². The van der Waals surface area contributed by atoms with Gasteiger partial charge in [0.05, 0.1) is 35.8 Å². The molecule has 16 heteroatoms. The van der Waals surface area contributed by atoms with Crippen molar-refractivity contribution in [1.82, 2.24) is 10.6 Å². The van der Waals surface area contributed by atoms with E-state index in [2.05, 4.69) is 10.6 Å². The Hall–Kier alpha value is -5.94. The Balaban J connectivity index is 1.50. The van der Waals surface area contributed by atoms with Crippen LogP contribution >= 0.6 is 0 Å². The van der Waals surface area contributed by atoms with Crippen molar-refractivity contribution in [2.24, 2.45) is 16.7 Å². The number of hydrogen-bond donors (Lipinski definition) is 5. The van der Waals surface area contributed by atoms with E-state index in [0.29, 0.717) is 12.0 Å². The third-order valence-corrected chi connectivity index (χ3v) is 13.2. The molecule has 2 aliphatic carbocycles. The summed E-state index contributed by atoms with van der Waals surface area (Å²) in [5, 5.41) is 43.0. The van der Waals surface area contributed by atoms with E-state index >= 15 is 4.79 Å². The number of Topliss-reactive ketones (excluding diaryl/α,β-unsaturated/α-hetero) is 1. The monoisotopic (exact) mass is 898 g/mol. The second-order valence-corrected chi connectivity index (χ2v) is 17.6. The number of aliphatic hydroxyl groups is 3. The van der Waals surface area contributed by atoms with Crippen LogP contribution in [0.4, 0.5) is 4.79 Å². The summed E-state index contributed by atoms with van der Waals surface area (Å²) in [5.41, 5.74) is -5.05. The smallest absolute Gasteiger partial charge is 0.408 e. The minimum atomic E-state index is -2.32. The summed E-state index contributed by atoms with van der Waals surface area (Å²) in [6, 6.07) is 23.1. The van der Waals surface area contributed by atoms with Crippen LogP contribution in [0.5, 0.6) is 0 Å². The maximum atomic E-state index is 15.6. The fourth-order valence-electron chi connectivity index (χ4n) is 9.36. The molecule has 6 rings (SSSR count). The highest BCUT2D eigenvalue weighted by atomic mass is 16.6. The molecular weight excluding hydrogens is 841 g/mol. The van der Waals surface area contributed by atoms with Crippen LogP contribution in [-0.2, 0) is 38.1 Å². The molecule has 1 heterocycles. The van der Waals surface area contributed by atoms with Crippen LogP contribution in [0.15, 0.2) is 102 Å². The quantitative estimate of drug-likeness (QED) is 0.0900. The molecule has 3 aliphatic rings. The average molecular weight is 899 g/mol. The number of ether oxygens (including phenoxy) is 5. The number of ketones is 1. The van der Waals surface area contributed by atoms with Crippen LogP contribution < -0.4 is 10.6 Å². The van der Waals surface area contributed by atoms with Gasteiger partial charge in [-0.2, -0.15) is 0 Å². The highest BCUT2D eigenvalue weighted by molar-refractivity contribution is 5.96. The van der Waals surface area contributed by atoms with Gasteiger partial charge in [0.2, 0.25) is 0 Å². The Kier molecular flexibility index (Phi) is 15.0. The number of rotatable bonds is 13. The van der Waals surface area contributed by atoms with E-state index in [1.807, 2.05) is 6.92 Å². The number of esters is 3. The Bertz CT molecular complexity index is 2250. The molecule has 5 N–H and O–H groups in total. The molecule has 3 aromatic rings. The number of amides is 2. The van der Waals surface area contributed by atoms with Crippen molar-refractivity contribution in [2.45, 2.75) is 109 Å². The summed E-state index contributed by atoms with van der Waals surface area (Å²) in [4.78, 5) is 83.0. The summed E-state index contributed by atoms with van der Waals surface area (Å²) < 4.78 is 30.0. The number of nitrogens with one attached hydrogen (secondary N) is 2. The van der Waals surface area contributed by atoms with Crippen molar-refractivity contribution in [1.29, 1.82) is 0 Å². The van der Waals surface area contributed by atoms with Gasteiger partial charge < -0.3 is 49.6 Å². The first-order valence-electron chi connectivity index (χ1n) is 21.8. The molecule has 16 nitrogen and oxygen atoms in total. The lowest BCUT2D eigenvalue weighted by atomic mass is 9.50. The molecule has 2 fully saturated rings. The minimum absolute atomic E-state index is 0.00133. The Morgan fingerprint density at radius 1 is 0.877 bits per heavy atom. The van der Waals surface area contributed by atoms with Crippen LogP contribution in [0, 0.1) is 16.7 Å². The SMILES string of the molecule is CCCNC(=O)O[C@H]1C(=O)[C@]2(C)[C@@H](O)CC(COC(C)=O)OC[C@H]2[C@H](OC(=O)c2ccccc2)[C@]2(O)C[C@H](OC(=O)[C@H](O)[C@@H](NC(=O)c3ccccc3)c3ccccc3)C(C)=C1C2(C)C. The van der Waals surface area contributed by atoms with E-state index in [1.165, 1.54) is 32.9 Å². The van der Waals surface area contributed by atoms with Crippen LogP contribution in [0.25, 0.3) is 0 Å². The van der Waals surface area contributed by atoms with E-state index in [9.17, 15) is 39.3 Å². The van der Waals surface area contributed by atoms with Crippen LogP contribution in [0.1, 0.15) is 93.1 Å². The van der Waals surface area contributed by atoms with Gasteiger partial charge in [0, 0.05) is 43.2 Å². The Morgan fingerprint density at radius 3 is 2.08 bits per heavy atom. The average Bonchev–Trinajstić information content (AvgIpc) is 3.42. The van der Waals surface area contributed by atoms with Crippen molar-refractivity contribution in [3.05, 3.63) is 119 Å². The first kappa shape index (κ1) is 48.5. The molecule has 348 valence electrons. The first-order valence-corrected chi connectivity index (χ1v) is 21.8. The lowest BCUT2D eigenvalue weighted by Gasteiger charge is -2.59. The number of aliphatic hydroxyl groups excluding tert-OH is 2. The summed E-state index contributed by atoms with van der Waals surface area (Å²) in [7, 11) is 0. The number of alkyl carbamates (subject to hydrolysis) is 1. The first-order chi connectivity index (χ1) is 30.8.